The van der Waals surface area contributed by atoms with Gasteiger partial charge in [-0.15, -0.1) is 0 Å². The van der Waals surface area contributed by atoms with Gasteiger partial charge in [0.1, 0.15) is 0 Å². The average Bonchev–Trinajstić information content (AvgIpc) is 3.22. The largest absolute Gasteiger partial charge is 0.376 e. The van der Waals surface area contributed by atoms with Crippen molar-refractivity contribution in [3.8, 4) is 0 Å². The fraction of sp³-hybridized carbons (Fsp3) is 0.706. The third-order valence-corrected chi connectivity index (χ3v) is 4.24. The minimum Gasteiger partial charge on any atom is -0.376 e. The smallest absolute Gasteiger partial charge is 0.0674 e. The van der Waals surface area contributed by atoms with Crippen molar-refractivity contribution in [3.05, 3.63) is 29.1 Å². The van der Waals surface area contributed by atoms with Crippen LogP contribution in [0.3, 0.4) is 0 Å². The molecule has 2 heterocycles. The molecule has 2 aliphatic rings. The molecule has 0 bridgehead atoms. The van der Waals surface area contributed by atoms with E-state index in [1.165, 1.54) is 29.8 Å². The SMILES string of the molecule is CC1CN(Cc2cc(C(C)C)nc(C3CC3)c2)CCO1. The van der Waals surface area contributed by atoms with Crippen LogP contribution in [0.1, 0.15) is 62.4 Å². The monoisotopic (exact) mass is 274 g/mol. The molecular formula is C17H26N2O. The Bertz CT molecular complexity index is 448. The van der Waals surface area contributed by atoms with E-state index in [9.17, 15) is 0 Å². The van der Waals surface area contributed by atoms with Crippen LogP contribution in [0.4, 0.5) is 0 Å². The van der Waals surface area contributed by atoms with Crippen LogP contribution >= 0.6 is 0 Å². The van der Waals surface area contributed by atoms with Gasteiger partial charge in [0.05, 0.1) is 12.7 Å². The predicted octanol–water partition coefficient (Wildman–Crippen LogP) is 3.30. The summed E-state index contributed by atoms with van der Waals surface area (Å²) >= 11 is 0. The molecular weight excluding hydrogens is 248 g/mol. The first kappa shape index (κ1) is 14.0. The molecule has 0 amide bonds. The van der Waals surface area contributed by atoms with Gasteiger partial charge >= 0.3 is 0 Å². The predicted molar refractivity (Wildman–Crippen MR) is 81.0 cm³/mol. The molecule has 0 aromatic carbocycles. The molecule has 1 unspecified atom stereocenters. The molecule has 3 rings (SSSR count). The standard InChI is InChI=1S/C17H26N2O/c1-12(2)16-8-14(9-17(18-16)15-4-5-15)11-19-6-7-20-13(3)10-19/h8-9,12-13,15H,4-7,10-11H2,1-3H3. The topological polar surface area (TPSA) is 25.4 Å². The number of nitrogens with zero attached hydrogens (tertiary/aromatic N) is 2. The number of rotatable bonds is 4. The van der Waals surface area contributed by atoms with Gasteiger partial charge in [-0.2, -0.15) is 0 Å². The van der Waals surface area contributed by atoms with Gasteiger partial charge in [0.25, 0.3) is 0 Å². The molecule has 2 fully saturated rings. The summed E-state index contributed by atoms with van der Waals surface area (Å²) < 4.78 is 5.63. The summed E-state index contributed by atoms with van der Waals surface area (Å²) in [5, 5.41) is 0. The van der Waals surface area contributed by atoms with Crippen LogP contribution in [-0.2, 0) is 11.3 Å². The fourth-order valence-electron chi connectivity index (χ4n) is 2.90. The number of pyridine rings is 1. The van der Waals surface area contributed by atoms with Crippen LogP contribution < -0.4 is 0 Å². The highest BCUT2D eigenvalue weighted by Gasteiger charge is 2.26. The average molecular weight is 274 g/mol. The molecule has 1 aromatic heterocycles. The van der Waals surface area contributed by atoms with Crippen molar-refractivity contribution in [1.29, 1.82) is 0 Å². The minimum atomic E-state index is 0.359. The molecule has 1 aliphatic carbocycles. The maximum atomic E-state index is 5.63. The van der Waals surface area contributed by atoms with Crippen LogP contribution in [0.2, 0.25) is 0 Å². The molecule has 3 nitrogen and oxygen atoms in total. The zero-order valence-electron chi connectivity index (χ0n) is 12.9. The Morgan fingerprint density at radius 2 is 2.15 bits per heavy atom. The minimum absolute atomic E-state index is 0.359. The van der Waals surface area contributed by atoms with Crippen molar-refractivity contribution in [2.75, 3.05) is 19.7 Å². The first-order valence-corrected chi connectivity index (χ1v) is 7.96. The van der Waals surface area contributed by atoms with E-state index >= 15 is 0 Å². The van der Waals surface area contributed by atoms with Crippen LogP contribution in [0, 0.1) is 0 Å². The molecule has 1 atom stereocenters. The summed E-state index contributed by atoms with van der Waals surface area (Å²) in [6, 6.07) is 4.64. The van der Waals surface area contributed by atoms with E-state index in [1.807, 2.05) is 0 Å². The van der Waals surface area contributed by atoms with E-state index < -0.39 is 0 Å². The van der Waals surface area contributed by atoms with Gasteiger partial charge in [-0.1, -0.05) is 13.8 Å². The number of hydrogen-bond acceptors (Lipinski definition) is 3. The Balaban J connectivity index is 1.77. The van der Waals surface area contributed by atoms with Crippen molar-refractivity contribution in [3.63, 3.8) is 0 Å². The lowest BCUT2D eigenvalue weighted by atomic mass is 10.0. The molecule has 110 valence electrons. The summed E-state index contributed by atoms with van der Waals surface area (Å²) in [6.07, 6.45) is 3.00. The zero-order chi connectivity index (χ0) is 14.1. The molecule has 1 saturated heterocycles. The lowest BCUT2D eigenvalue weighted by molar-refractivity contribution is -0.0212. The van der Waals surface area contributed by atoms with E-state index in [2.05, 4.69) is 37.8 Å². The lowest BCUT2D eigenvalue weighted by Crippen LogP contribution is -2.40. The summed E-state index contributed by atoms with van der Waals surface area (Å²) in [6.45, 7) is 10.6. The van der Waals surface area contributed by atoms with E-state index in [0.717, 1.165) is 32.2 Å². The van der Waals surface area contributed by atoms with E-state index in [0.29, 0.717) is 12.0 Å². The summed E-state index contributed by atoms with van der Waals surface area (Å²) in [4.78, 5) is 7.36. The maximum absolute atomic E-state index is 5.63. The Morgan fingerprint density at radius 1 is 1.35 bits per heavy atom. The quantitative estimate of drug-likeness (QED) is 0.842. The van der Waals surface area contributed by atoms with Crippen molar-refractivity contribution in [2.45, 2.75) is 58.1 Å². The highest BCUT2D eigenvalue weighted by molar-refractivity contribution is 5.27. The van der Waals surface area contributed by atoms with Gasteiger partial charge in [0, 0.05) is 36.9 Å². The highest BCUT2D eigenvalue weighted by atomic mass is 16.5. The Hall–Kier alpha value is -0.930. The Morgan fingerprint density at radius 3 is 2.80 bits per heavy atom. The second kappa shape index (κ2) is 5.82. The summed E-state index contributed by atoms with van der Waals surface area (Å²) in [7, 11) is 0. The van der Waals surface area contributed by atoms with Crippen molar-refractivity contribution in [2.24, 2.45) is 0 Å². The number of morpholine rings is 1. The normalized spacial score (nSPS) is 24.3. The number of hydrogen-bond donors (Lipinski definition) is 0. The molecule has 0 N–H and O–H groups in total. The van der Waals surface area contributed by atoms with Crippen LogP contribution in [-0.4, -0.2) is 35.7 Å². The Kier molecular flexibility index (Phi) is 4.08. The lowest BCUT2D eigenvalue weighted by Gasteiger charge is -2.31. The summed E-state index contributed by atoms with van der Waals surface area (Å²) in [5.74, 6) is 1.24. The molecule has 0 spiro atoms. The first-order chi connectivity index (χ1) is 9.61. The first-order valence-electron chi connectivity index (χ1n) is 7.96. The molecule has 0 radical (unpaired) electrons. The van der Waals surface area contributed by atoms with E-state index in [1.54, 1.807) is 0 Å². The van der Waals surface area contributed by atoms with Gasteiger partial charge in [-0.3, -0.25) is 9.88 Å². The van der Waals surface area contributed by atoms with Gasteiger partial charge in [0.2, 0.25) is 0 Å². The second-order valence-electron chi connectivity index (χ2n) is 6.67. The molecule has 1 aliphatic heterocycles. The van der Waals surface area contributed by atoms with E-state index in [-0.39, 0.29) is 0 Å². The number of aromatic nitrogens is 1. The van der Waals surface area contributed by atoms with Crippen LogP contribution in [0.25, 0.3) is 0 Å². The summed E-state index contributed by atoms with van der Waals surface area (Å²) in [5.41, 5.74) is 4.01. The third kappa shape index (κ3) is 3.39. The second-order valence-corrected chi connectivity index (χ2v) is 6.67. The highest BCUT2D eigenvalue weighted by Crippen LogP contribution is 2.39. The van der Waals surface area contributed by atoms with Crippen molar-refractivity contribution in [1.82, 2.24) is 9.88 Å². The van der Waals surface area contributed by atoms with Crippen molar-refractivity contribution >= 4 is 0 Å². The molecule has 1 saturated carbocycles. The van der Waals surface area contributed by atoms with Gasteiger partial charge in [-0.25, -0.2) is 0 Å². The van der Waals surface area contributed by atoms with Crippen LogP contribution in [0.5, 0.6) is 0 Å². The van der Waals surface area contributed by atoms with Gasteiger partial charge in [-0.05, 0) is 43.4 Å². The Labute approximate surface area is 122 Å². The van der Waals surface area contributed by atoms with Gasteiger partial charge in [0.15, 0.2) is 0 Å². The maximum Gasteiger partial charge on any atom is 0.0674 e. The third-order valence-electron chi connectivity index (χ3n) is 4.24. The van der Waals surface area contributed by atoms with Crippen LogP contribution in [0.15, 0.2) is 12.1 Å². The molecule has 1 aromatic rings. The van der Waals surface area contributed by atoms with Gasteiger partial charge < -0.3 is 4.74 Å². The molecule has 20 heavy (non-hydrogen) atoms. The number of ether oxygens (including phenoxy) is 1. The molecule has 3 heteroatoms. The van der Waals surface area contributed by atoms with Crippen molar-refractivity contribution < 1.29 is 4.74 Å². The zero-order valence-corrected chi connectivity index (χ0v) is 12.9. The van der Waals surface area contributed by atoms with E-state index in [4.69, 9.17) is 9.72 Å². The fourth-order valence-corrected chi connectivity index (χ4v) is 2.90.